The Kier molecular flexibility index (Phi) is 2.83. The lowest BCUT2D eigenvalue weighted by Crippen LogP contribution is -2.21. The number of hydrogen-bond donors (Lipinski definition) is 1. The predicted octanol–water partition coefficient (Wildman–Crippen LogP) is 2.83. The van der Waals surface area contributed by atoms with E-state index in [2.05, 4.69) is 0 Å². The minimum absolute atomic E-state index is 0.290. The van der Waals surface area contributed by atoms with Crippen LogP contribution in [0.5, 0.6) is 0 Å². The van der Waals surface area contributed by atoms with Gasteiger partial charge in [0.25, 0.3) is 5.69 Å². The van der Waals surface area contributed by atoms with Crippen molar-refractivity contribution in [2.24, 2.45) is 0 Å². The molecule has 15 heavy (non-hydrogen) atoms. The van der Waals surface area contributed by atoms with E-state index in [0.717, 1.165) is 12.1 Å². The summed E-state index contributed by atoms with van der Waals surface area (Å²) in [7, 11) is 0. The van der Waals surface area contributed by atoms with Crippen LogP contribution >= 0.6 is 0 Å². The van der Waals surface area contributed by atoms with Crippen LogP contribution in [-0.4, -0.2) is 11.2 Å². The summed E-state index contributed by atoms with van der Waals surface area (Å²) in [6.45, 7) is 1.43. The second-order valence-electron chi connectivity index (χ2n) is 2.88. The molecule has 1 rings (SSSR count). The summed E-state index contributed by atoms with van der Waals surface area (Å²) in [5.41, 5.74) is -0.401. The number of nitro groups is 1. The molecule has 0 aliphatic rings. The summed E-state index contributed by atoms with van der Waals surface area (Å²) in [4.78, 5) is 9.58. The lowest BCUT2D eigenvalue weighted by molar-refractivity contribution is -0.384. The highest BCUT2D eigenvalue weighted by molar-refractivity contribution is 5.57. The Bertz CT molecular complexity index is 390. The maximum absolute atomic E-state index is 12.0. The van der Waals surface area contributed by atoms with Gasteiger partial charge in [-0.3, -0.25) is 15.4 Å². The van der Waals surface area contributed by atoms with Gasteiger partial charge in [0.15, 0.2) is 0 Å². The van der Waals surface area contributed by atoms with Crippen molar-refractivity contribution in [2.45, 2.75) is 13.2 Å². The van der Waals surface area contributed by atoms with Crippen LogP contribution in [0.15, 0.2) is 18.2 Å². The average molecular weight is 220 g/mol. The molecule has 0 amide bonds. The van der Waals surface area contributed by atoms with Gasteiger partial charge in [0.05, 0.1) is 10.6 Å². The number of nitrogens with zero attached hydrogens (tertiary/aromatic N) is 1. The number of alkyl halides is 3. The largest absolute Gasteiger partial charge is 0.482 e. The summed E-state index contributed by atoms with van der Waals surface area (Å²) in [5, 5.41) is 11.6. The van der Waals surface area contributed by atoms with E-state index in [1.165, 1.54) is 18.3 Å². The minimum Gasteiger partial charge on any atom is -0.297 e. The number of benzene rings is 1. The second-order valence-corrected chi connectivity index (χ2v) is 2.88. The van der Waals surface area contributed by atoms with Gasteiger partial charge in [-0.05, 0) is 12.5 Å². The van der Waals surface area contributed by atoms with Crippen LogP contribution < -0.4 is 5.32 Å². The molecule has 0 radical (unpaired) electrons. The van der Waals surface area contributed by atoms with Crippen LogP contribution in [-0.2, 0) is 0 Å². The first-order valence-corrected chi connectivity index (χ1v) is 3.89. The van der Waals surface area contributed by atoms with Gasteiger partial charge in [0, 0.05) is 12.1 Å². The summed E-state index contributed by atoms with van der Waals surface area (Å²) in [6.07, 6.45) is -4.60. The number of hydrogen-bond acceptors (Lipinski definition) is 3. The summed E-state index contributed by atoms with van der Waals surface area (Å²) in [6, 6.07) is 3.26. The van der Waals surface area contributed by atoms with E-state index in [9.17, 15) is 23.3 Å². The topological polar surface area (TPSA) is 55.2 Å². The Morgan fingerprint density at radius 2 is 2.00 bits per heavy atom. The third-order valence-corrected chi connectivity index (χ3v) is 1.71. The summed E-state index contributed by atoms with van der Waals surface area (Å²) in [5.74, 6) is 0. The van der Waals surface area contributed by atoms with Crippen LogP contribution in [0.4, 0.5) is 24.5 Å². The van der Waals surface area contributed by atoms with Crippen LogP contribution in [0.3, 0.4) is 0 Å². The molecule has 0 unspecified atom stereocenters. The van der Waals surface area contributed by atoms with E-state index in [-0.39, 0.29) is 16.9 Å². The fourth-order valence-corrected chi connectivity index (χ4v) is 1.01. The standard InChI is InChI=1S/C8H7F3N2O2/c1-5-2-3-6(13(14)15)4-7(5)12-8(9,10)11/h2-4,12H,1H3. The highest BCUT2D eigenvalue weighted by atomic mass is 19.4. The molecule has 7 heteroatoms. The monoisotopic (exact) mass is 220 g/mol. The Hall–Kier alpha value is -1.79. The molecule has 4 nitrogen and oxygen atoms in total. The smallest absolute Gasteiger partial charge is 0.297 e. The molecular formula is C8H7F3N2O2. The molecule has 0 atom stereocenters. The first-order valence-electron chi connectivity index (χ1n) is 3.89. The maximum atomic E-state index is 12.0. The molecule has 0 fully saturated rings. The third-order valence-electron chi connectivity index (χ3n) is 1.71. The van der Waals surface area contributed by atoms with E-state index < -0.39 is 11.2 Å². The first kappa shape index (κ1) is 11.3. The maximum Gasteiger partial charge on any atom is 0.482 e. The lowest BCUT2D eigenvalue weighted by atomic mass is 10.2. The summed E-state index contributed by atoms with van der Waals surface area (Å²) >= 11 is 0. The van der Waals surface area contributed by atoms with E-state index in [1.54, 1.807) is 0 Å². The molecular weight excluding hydrogens is 213 g/mol. The molecule has 0 aliphatic heterocycles. The van der Waals surface area contributed by atoms with E-state index in [0.29, 0.717) is 0 Å². The molecule has 0 spiro atoms. The lowest BCUT2D eigenvalue weighted by Gasteiger charge is -2.11. The van der Waals surface area contributed by atoms with Gasteiger partial charge in [-0.25, -0.2) is 0 Å². The predicted molar refractivity (Wildman–Crippen MR) is 47.5 cm³/mol. The highest BCUT2D eigenvalue weighted by Crippen LogP contribution is 2.26. The number of non-ortho nitro benzene ring substituents is 1. The molecule has 82 valence electrons. The molecule has 1 aromatic carbocycles. The van der Waals surface area contributed by atoms with Gasteiger partial charge < -0.3 is 0 Å². The van der Waals surface area contributed by atoms with Gasteiger partial charge in [-0.15, -0.1) is 0 Å². The van der Waals surface area contributed by atoms with E-state index in [1.807, 2.05) is 0 Å². The van der Waals surface area contributed by atoms with E-state index in [4.69, 9.17) is 0 Å². The molecule has 0 aliphatic carbocycles. The molecule has 1 N–H and O–H groups in total. The SMILES string of the molecule is Cc1ccc([N+](=O)[O-])cc1NC(F)(F)F. The van der Waals surface area contributed by atoms with Crippen molar-refractivity contribution in [3.63, 3.8) is 0 Å². The molecule has 1 aromatic rings. The van der Waals surface area contributed by atoms with Gasteiger partial charge >= 0.3 is 6.30 Å². The van der Waals surface area contributed by atoms with Gasteiger partial charge in [-0.2, -0.15) is 13.2 Å². The van der Waals surface area contributed by atoms with Gasteiger partial charge in [-0.1, -0.05) is 6.07 Å². The van der Waals surface area contributed by atoms with Crippen molar-refractivity contribution in [3.05, 3.63) is 33.9 Å². The fraction of sp³-hybridized carbons (Fsp3) is 0.250. The van der Waals surface area contributed by atoms with Crippen molar-refractivity contribution in [2.75, 3.05) is 5.32 Å². The average Bonchev–Trinajstić information content (AvgIpc) is 2.06. The number of anilines is 1. The normalized spacial score (nSPS) is 11.2. The highest BCUT2D eigenvalue weighted by Gasteiger charge is 2.28. The quantitative estimate of drug-likeness (QED) is 0.473. The van der Waals surface area contributed by atoms with Gasteiger partial charge in [0.1, 0.15) is 0 Å². The van der Waals surface area contributed by atoms with Gasteiger partial charge in [0.2, 0.25) is 0 Å². The Balaban J connectivity index is 3.06. The van der Waals surface area contributed by atoms with Crippen molar-refractivity contribution in [1.82, 2.24) is 0 Å². The van der Waals surface area contributed by atoms with Crippen LogP contribution in [0.25, 0.3) is 0 Å². The van der Waals surface area contributed by atoms with E-state index >= 15 is 0 Å². The second kappa shape index (κ2) is 3.76. The van der Waals surface area contributed by atoms with Crippen molar-refractivity contribution in [1.29, 1.82) is 0 Å². The van der Waals surface area contributed by atoms with Crippen LogP contribution in [0, 0.1) is 17.0 Å². The number of aryl methyl sites for hydroxylation is 1. The molecule has 0 saturated heterocycles. The zero-order chi connectivity index (χ0) is 11.6. The number of rotatable bonds is 2. The zero-order valence-electron chi connectivity index (χ0n) is 7.63. The van der Waals surface area contributed by atoms with Crippen molar-refractivity contribution >= 4 is 11.4 Å². The Morgan fingerprint density at radius 1 is 1.40 bits per heavy atom. The zero-order valence-corrected chi connectivity index (χ0v) is 7.63. The number of nitrogens with one attached hydrogen (secondary N) is 1. The molecule has 0 bridgehead atoms. The molecule has 0 aromatic heterocycles. The third kappa shape index (κ3) is 3.12. The molecule has 0 saturated carbocycles. The fourth-order valence-electron chi connectivity index (χ4n) is 1.01. The van der Waals surface area contributed by atoms with Crippen LogP contribution in [0.1, 0.15) is 5.56 Å². The first-order chi connectivity index (χ1) is 6.79. The Morgan fingerprint density at radius 3 is 2.47 bits per heavy atom. The summed E-state index contributed by atoms with van der Waals surface area (Å²) < 4.78 is 35.9. The number of nitro benzene ring substituents is 1. The van der Waals surface area contributed by atoms with Crippen LogP contribution in [0.2, 0.25) is 0 Å². The van der Waals surface area contributed by atoms with Crippen molar-refractivity contribution in [3.8, 4) is 0 Å². The molecule has 0 heterocycles. The minimum atomic E-state index is -4.60. The van der Waals surface area contributed by atoms with Crippen molar-refractivity contribution < 1.29 is 18.1 Å². The Labute approximate surface area is 82.9 Å². The number of halogens is 3.